The summed E-state index contributed by atoms with van der Waals surface area (Å²) in [6.07, 6.45) is 11.8. The average molecular weight is 382 g/mol. The zero-order chi connectivity index (χ0) is 19.3. The summed E-state index contributed by atoms with van der Waals surface area (Å²) >= 11 is 0. The van der Waals surface area contributed by atoms with Crippen molar-refractivity contribution in [1.82, 2.24) is 14.6 Å². The van der Waals surface area contributed by atoms with Gasteiger partial charge in [-0.25, -0.2) is 4.98 Å². The van der Waals surface area contributed by atoms with Crippen molar-refractivity contribution in [2.24, 2.45) is 0 Å². The second-order valence-electron chi connectivity index (χ2n) is 7.27. The Labute approximate surface area is 165 Å². The van der Waals surface area contributed by atoms with E-state index in [9.17, 15) is 0 Å². The van der Waals surface area contributed by atoms with Crippen molar-refractivity contribution >= 4 is 17.3 Å². The molecule has 0 aromatic carbocycles. The number of aromatic nitrogens is 4. The molecule has 0 atom stereocenters. The molecule has 1 N–H and O–H groups in total. The van der Waals surface area contributed by atoms with Crippen LogP contribution in [0.2, 0.25) is 0 Å². The van der Waals surface area contributed by atoms with Crippen molar-refractivity contribution in [3.63, 3.8) is 0 Å². The third-order valence-corrected chi connectivity index (χ3v) is 5.36. The molecular formula is C21H29N6O+. The van der Waals surface area contributed by atoms with Crippen LogP contribution in [0.25, 0.3) is 5.65 Å². The molecule has 0 saturated carbocycles. The van der Waals surface area contributed by atoms with E-state index in [1.54, 1.807) is 11.8 Å². The van der Waals surface area contributed by atoms with Crippen LogP contribution in [0.1, 0.15) is 43.7 Å². The van der Waals surface area contributed by atoms with Crippen LogP contribution >= 0.6 is 0 Å². The van der Waals surface area contributed by atoms with Crippen LogP contribution in [0, 0.1) is 0 Å². The highest BCUT2D eigenvalue weighted by atomic mass is 16.6. The van der Waals surface area contributed by atoms with Crippen LogP contribution in [-0.4, -0.2) is 34.8 Å². The molecule has 1 fully saturated rings. The molecule has 1 saturated heterocycles. The Morgan fingerprint density at radius 2 is 2.04 bits per heavy atom. The average Bonchev–Trinajstić information content (AvgIpc) is 2.96. The summed E-state index contributed by atoms with van der Waals surface area (Å²) in [6.45, 7) is 4.98. The molecule has 0 bridgehead atoms. The van der Waals surface area contributed by atoms with Gasteiger partial charge in [0.2, 0.25) is 12.4 Å². The highest BCUT2D eigenvalue weighted by Gasteiger charge is 2.16. The third-order valence-electron chi connectivity index (χ3n) is 5.36. The third kappa shape index (κ3) is 3.88. The maximum atomic E-state index is 5.26. The van der Waals surface area contributed by atoms with Crippen LogP contribution in [0.5, 0.6) is 0 Å². The molecule has 0 radical (unpaired) electrons. The van der Waals surface area contributed by atoms with E-state index < -0.39 is 0 Å². The van der Waals surface area contributed by atoms with Crippen LogP contribution in [-0.2, 0) is 13.0 Å². The molecule has 0 unspecified atom stereocenters. The van der Waals surface area contributed by atoms with Crippen molar-refractivity contribution in [3.8, 4) is 0 Å². The number of aryl methyl sites for hydroxylation is 1. The Morgan fingerprint density at radius 1 is 1.21 bits per heavy atom. The van der Waals surface area contributed by atoms with Crippen molar-refractivity contribution < 1.29 is 9.57 Å². The van der Waals surface area contributed by atoms with Gasteiger partial charge >= 0.3 is 0 Å². The zero-order valence-electron chi connectivity index (χ0n) is 16.8. The van der Waals surface area contributed by atoms with Gasteiger partial charge in [-0.2, -0.15) is 9.61 Å². The Kier molecular flexibility index (Phi) is 5.60. The minimum absolute atomic E-state index is 0.685. The van der Waals surface area contributed by atoms with Crippen LogP contribution in [0.3, 0.4) is 0 Å². The molecular weight excluding hydrogens is 352 g/mol. The summed E-state index contributed by atoms with van der Waals surface area (Å²) in [5, 5.41) is 8.14. The Balaban J connectivity index is 1.66. The fourth-order valence-corrected chi connectivity index (χ4v) is 3.74. The van der Waals surface area contributed by atoms with Crippen LogP contribution in [0.4, 0.5) is 11.6 Å². The normalized spacial score (nSPS) is 14.9. The number of hydrogen-bond donors (Lipinski definition) is 1. The van der Waals surface area contributed by atoms with Gasteiger partial charge in [-0.3, -0.25) is 4.84 Å². The van der Waals surface area contributed by atoms with E-state index in [1.165, 1.54) is 31.2 Å². The van der Waals surface area contributed by atoms with E-state index in [0.29, 0.717) is 6.54 Å². The lowest BCUT2D eigenvalue weighted by atomic mass is 10.2. The zero-order valence-corrected chi connectivity index (χ0v) is 16.8. The first kappa shape index (κ1) is 18.5. The van der Waals surface area contributed by atoms with Gasteiger partial charge in [0.05, 0.1) is 6.20 Å². The number of nitrogens with zero attached hydrogens (tertiary/aromatic N) is 5. The van der Waals surface area contributed by atoms with Gasteiger partial charge in [0.1, 0.15) is 18.7 Å². The number of fused-ring (bicyclic) bond motifs is 1. The number of anilines is 2. The van der Waals surface area contributed by atoms with Gasteiger partial charge in [0, 0.05) is 47.6 Å². The lowest BCUT2D eigenvalue weighted by molar-refractivity contribution is -0.885. The molecule has 7 heteroatoms. The standard InChI is InChI=1S/C21H29N6O/c1-3-18-15-23-27-19(22-14-17-9-8-12-26(16-17)28-2)13-20(24-21(18)27)25-10-6-4-5-7-11-25/h8-9,12-13,15-16,22H,3-7,10-11,14H2,1-2H3/q+1. The first-order chi connectivity index (χ1) is 13.8. The van der Waals surface area contributed by atoms with E-state index in [4.69, 9.17) is 9.82 Å². The lowest BCUT2D eigenvalue weighted by Crippen LogP contribution is -2.40. The van der Waals surface area contributed by atoms with Gasteiger partial charge in [-0.05, 0) is 25.3 Å². The molecule has 4 rings (SSSR count). The lowest BCUT2D eigenvalue weighted by Gasteiger charge is -2.22. The highest BCUT2D eigenvalue weighted by Crippen LogP contribution is 2.24. The van der Waals surface area contributed by atoms with Gasteiger partial charge in [0.15, 0.2) is 5.65 Å². The largest absolute Gasteiger partial charge is 0.366 e. The molecule has 3 aromatic heterocycles. The smallest absolute Gasteiger partial charge is 0.227 e. The fourth-order valence-electron chi connectivity index (χ4n) is 3.74. The molecule has 4 heterocycles. The molecule has 0 amide bonds. The van der Waals surface area contributed by atoms with Crippen molar-refractivity contribution in [3.05, 3.63) is 47.9 Å². The van der Waals surface area contributed by atoms with Gasteiger partial charge in [0.25, 0.3) is 0 Å². The predicted molar refractivity (Wildman–Crippen MR) is 110 cm³/mol. The van der Waals surface area contributed by atoms with Crippen molar-refractivity contribution in [2.75, 3.05) is 30.4 Å². The summed E-state index contributed by atoms with van der Waals surface area (Å²) in [7, 11) is 1.66. The monoisotopic (exact) mass is 381 g/mol. The maximum Gasteiger partial charge on any atom is 0.227 e. The summed E-state index contributed by atoms with van der Waals surface area (Å²) in [5.74, 6) is 2.02. The van der Waals surface area contributed by atoms with E-state index in [2.05, 4.69) is 34.4 Å². The quantitative estimate of drug-likeness (QED) is 0.665. The first-order valence-electron chi connectivity index (χ1n) is 10.2. The second-order valence-corrected chi connectivity index (χ2v) is 7.27. The summed E-state index contributed by atoms with van der Waals surface area (Å²) in [5.41, 5.74) is 3.26. The fraction of sp³-hybridized carbons (Fsp3) is 0.476. The predicted octanol–water partition coefficient (Wildman–Crippen LogP) is 2.63. The number of nitrogens with one attached hydrogen (secondary N) is 1. The number of pyridine rings is 1. The van der Waals surface area contributed by atoms with Gasteiger partial charge in [-0.15, -0.1) is 0 Å². The second kappa shape index (κ2) is 8.46. The molecule has 0 aliphatic carbocycles. The SMILES string of the molecule is CCc1cnn2c(NCc3ccc[n+](OC)c3)cc(N3CCCCCC3)nc12. The van der Waals surface area contributed by atoms with Crippen molar-refractivity contribution in [1.29, 1.82) is 0 Å². The van der Waals surface area contributed by atoms with Gasteiger partial charge < -0.3 is 10.2 Å². The summed E-state index contributed by atoms with van der Waals surface area (Å²) in [4.78, 5) is 12.7. The number of hydrogen-bond acceptors (Lipinski definition) is 5. The topological polar surface area (TPSA) is 58.6 Å². The molecule has 7 nitrogen and oxygen atoms in total. The van der Waals surface area contributed by atoms with Crippen molar-refractivity contribution in [2.45, 2.75) is 45.6 Å². The van der Waals surface area contributed by atoms with Crippen LogP contribution < -0.4 is 19.8 Å². The Bertz CT molecular complexity index is 930. The molecule has 148 valence electrons. The number of rotatable bonds is 6. The van der Waals surface area contributed by atoms with Gasteiger partial charge in [-0.1, -0.05) is 19.8 Å². The summed E-state index contributed by atoms with van der Waals surface area (Å²) < 4.78 is 3.62. The molecule has 1 aliphatic heterocycles. The molecule has 3 aromatic rings. The minimum Gasteiger partial charge on any atom is -0.366 e. The van der Waals surface area contributed by atoms with E-state index >= 15 is 0 Å². The Morgan fingerprint density at radius 3 is 2.79 bits per heavy atom. The highest BCUT2D eigenvalue weighted by molar-refractivity contribution is 5.61. The molecule has 28 heavy (non-hydrogen) atoms. The minimum atomic E-state index is 0.685. The van der Waals surface area contributed by atoms with E-state index in [-0.39, 0.29) is 0 Å². The molecule has 0 spiro atoms. The van der Waals surface area contributed by atoms with E-state index in [1.807, 2.05) is 29.2 Å². The van der Waals surface area contributed by atoms with E-state index in [0.717, 1.165) is 42.4 Å². The summed E-state index contributed by atoms with van der Waals surface area (Å²) in [6, 6.07) is 6.20. The maximum absolute atomic E-state index is 5.26. The van der Waals surface area contributed by atoms with Crippen LogP contribution in [0.15, 0.2) is 36.8 Å². The Hall–Kier alpha value is -2.83. The molecule has 1 aliphatic rings. The first-order valence-corrected chi connectivity index (χ1v) is 10.2.